The lowest BCUT2D eigenvalue weighted by Crippen LogP contribution is -2.22. The van der Waals surface area contributed by atoms with Crippen LogP contribution < -0.4 is 21.6 Å². The molecular formula is C18H21N9O4. The summed E-state index contributed by atoms with van der Waals surface area (Å²) in [5.41, 5.74) is 15.1. The van der Waals surface area contributed by atoms with Gasteiger partial charge in [-0.3, -0.25) is 9.59 Å². The number of nitrogens with two attached hydrogens (primary N) is 2. The van der Waals surface area contributed by atoms with Gasteiger partial charge < -0.3 is 16.2 Å². The third-order valence-electron chi connectivity index (χ3n) is 4.14. The van der Waals surface area contributed by atoms with E-state index in [0.717, 1.165) is 5.56 Å². The Morgan fingerprint density at radius 2 is 1.97 bits per heavy atom. The number of carbonyl (C=O) groups excluding carboxylic acids is 2. The van der Waals surface area contributed by atoms with Crippen LogP contribution in [0.2, 0.25) is 0 Å². The number of benzene rings is 1. The van der Waals surface area contributed by atoms with E-state index in [1.165, 1.54) is 4.68 Å². The van der Waals surface area contributed by atoms with Crippen LogP contribution in [-0.2, 0) is 4.79 Å². The molecule has 0 fully saturated rings. The molecule has 0 spiro atoms. The van der Waals surface area contributed by atoms with Gasteiger partial charge in [0.1, 0.15) is 5.75 Å². The maximum atomic E-state index is 12.7. The predicted molar refractivity (Wildman–Crippen MR) is 109 cm³/mol. The Hall–Kier alpha value is -4.29. The first-order valence-corrected chi connectivity index (χ1v) is 9.18. The molecular weight excluding hydrogens is 406 g/mol. The number of aromatic nitrogens is 5. The first kappa shape index (κ1) is 21.4. The van der Waals surface area contributed by atoms with E-state index in [1.54, 1.807) is 31.2 Å². The number of nitrogens with zero attached hydrogens (tertiary/aromatic N) is 6. The topological polar surface area (TPSA) is 189 Å². The van der Waals surface area contributed by atoms with E-state index in [1.807, 2.05) is 13.8 Å². The zero-order valence-electron chi connectivity index (χ0n) is 17.1. The predicted octanol–water partition coefficient (Wildman–Crippen LogP) is 0.374. The molecule has 3 aromatic rings. The van der Waals surface area contributed by atoms with Crippen molar-refractivity contribution in [2.45, 2.75) is 26.7 Å². The summed E-state index contributed by atoms with van der Waals surface area (Å²) in [5, 5.41) is 19.2. The third kappa shape index (κ3) is 4.83. The molecule has 3 rings (SSSR count). The molecule has 13 heteroatoms. The number of ether oxygens (including phenoxy) is 1. The zero-order chi connectivity index (χ0) is 22.5. The van der Waals surface area contributed by atoms with Crippen LogP contribution in [0.1, 0.15) is 48.4 Å². The molecule has 162 valence electrons. The highest BCUT2D eigenvalue weighted by Crippen LogP contribution is 2.22. The first-order valence-electron chi connectivity index (χ1n) is 9.18. The molecule has 0 aliphatic heterocycles. The van der Waals surface area contributed by atoms with Crippen molar-refractivity contribution in [3.8, 4) is 11.6 Å². The fraction of sp³-hybridized carbons (Fsp3) is 0.278. The molecule has 0 unspecified atom stereocenters. The Labute approximate surface area is 176 Å². The van der Waals surface area contributed by atoms with Crippen LogP contribution in [0.3, 0.4) is 0 Å². The highest BCUT2D eigenvalue weighted by Gasteiger charge is 2.25. The highest BCUT2D eigenvalue weighted by molar-refractivity contribution is 6.00. The molecule has 0 radical (unpaired) electrons. The van der Waals surface area contributed by atoms with Crippen molar-refractivity contribution in [1.82, 2.24) is 30.7 Å². The van der Waals surface area contributed by atoms with Gasteiger partial charge in [0.15, 0.2) is 12.3 Å². The average molecular weight is 427 g/mol. The monoisotopic (exact) mass is 427 g/mol. The van der Waals surface area contributed by atoms with Crippen molar-refractivity contribution < 1.29 is 19.0 Å². The van der Waals surface area contributed by atoms with Crippen LogP contribution in [0, 0.1) is 0 Å². The van der Waals surface area contributed by atoms with Crippen molar-refractivity contribution in [1.29, 1.82) is 0 Å². The lowest BCUT2D eigenvalue weighted by molar-refractivity contribution is -0.119. The number of hydrazone groups is 1. The summed E-state index contributed by atoms with van der Waals surface area (Å²) in [6.45, 7) is 5.25. The van der Waals surface area contributed by atoms with Gasteiger partial charge in [0, 0.05) is 0 Å². The number of rotatable bonds is 8. The van der Waals surface area contributed by atoms with E-state index in [2.05, 4.69) is 35.8 Å². The van der Waals surface area contributed by atoms with E-state index in [0.29, 0.717) is 17.2 Å². The van der Waals surface area contributed by atoms with Crippen molar-refractivity contribution in [3.63, 3.8) is 0 Å². The Kier molecular flexibility index (Phi) is 6.23. The maximum Gasteiger partial charge on any atom is 0.293 e. The second kappa shape index (κ2) is 9.02. The molecule has 0 saturated heterocycles. The number of anilines is 1. The van der Waals surface area contributed by atoms with Crippen molar-refractivity contribution in [2.75, 3.05) is 12.3 Å². The lowest BCUT2D eigenvalue weighted by atomic mass is 10.1. The quantitative estimate of drug-likeness (QED) is 0.337. The number of hydrogen-bond donors (Lipinski definition) is 3. The minimum absolute atomic E-state index is 0.0240. The number of amides is 2. The summed E-state index contributed by atoms with van der Waals surface area (Å²) in [4.78, 5) is 23.5. The highest BCUT2D eigenvalue weighted by atomic mass is 16.6. The molecule has 0 saturated carbocycles. The van der Waals surface area contributed by atoms with Crippen LogP contribution >= 0.6 is 0 Å². The van der Waals surface area contributed by atoms with Crippen molar-refractivity contribution in [3.05, 3.63) is 41.2 Å². The van der Waals surface area contributed by atoms with Gasteiger partial charge in [0.2, 0.25) is 11.6 Å². The summed E-state index contributed by atoms with van der Waals surface area (Å²) in [5.74, 6) is -0.594. The minimum atomic E-state index is -0.565. The van der Waals surface area contributed by atoms with E-state index in [9.17, 15) is 9.59 Å². The zero-order valence-corrected chi connectivity index (χ0v) is 17.1. The summed E-state index contributed by atoms with van der Waals surface area (Å²) >= 11 is 0. The Morgan fingerprint density at radius 1 is 1.26 bits per heavy atom. The van der Waals surface area contributed by atoms with Gasteiger partial charge in [0.05, 0.1) is 11.4 Å². The molecule has 2 heterocycles. The third-order valence-corrected chi connectivity index (χ3v) is 4.14. The molecule has 5 N–H and O–H groups in total. The maximum absolute atomic E-state index is 12.7. The summed E-state index contributed by atoms with van der Waals surface area (Å²) in [6.07, 6.45) is 0. The standard InChI is InChI=1S/C18H21N9O4/c1-9(2)15-14(22-26-27(15)17-16(20)24-31-25-17)18(29)23-21-10(3)11-4-6-12(7-5-11)30-8-13(19)28/h4-7,9H,8H2,1-3H3,(H2,19,28)(H2,20,24)(H,23,29). The van der Waals surface area contributed by atoms with Gasteiger partial charge in [-0.1, -0.05) is 19.1 Å². The summed E-state index contributed by atoms with van der Waals surface area (Å²) in [6, 6.07) is 6.80. The fourth-order valence-electron chi connectivity index (χ4n) is 2.66. The van der Waals surface area contributed by atoms with Gasteiger partial charge >= 0.3 is 0 Å². The lowest BCUT2D eigenvalue weighted by Gasteiger charge is -2.08. The van der Waals surface area contributed by atoms with Gasteiger partial charge in [-0.25, -0.2) is 10.1 Å². The molecule has 0 bridgehead atoms. The number of nitrogen functional groups attached to an aromatic ring is 1. The van der Waals surface area contributed by atoms with Gasteiger partial charge in [-0.2, -0.15) is 9.78 Å². The summed E-state index contributed by atoms with van der Waals surface area (Å²) in [7, 11) is 0. The van der Waals surface area contributed by atoms with Gasteiger partial charge in [0.25, 0.3) is 11.8 Å². The van der Waals surface area contributed by atoms with Crippen LogP contribution in [-0.4, -0.2) is 49.4 Å². The molecule has 31 heavy (non-hydrogen) atoms. The Bertz CT molecular complexity index is 1120. The van der Waals surface area contributed by atoms with E-state index < -0.39 is 11.8 Å². The molecule has 0 aliphatic rings. The van der Waals surface area contributed by atoms with E-state index in [4.69, 9.17) is 16.2 Å². The molecule has 1 aromatic carbocycles. The van der Waals surface area contributed by atoms with Gasteiger partial charge in [-0.15, -0.1) is 5.10 Å². The first-order chi connectivity index (χ1) is 14.8. The van der Waals surface area contributed by atoms with Gasteiger partial charge in [-0.05, 0) is 53.0 Å². The number of primary amides is 1. The molecule has 0 atom stereocenters. The normalized spacial score (nSPS) is 11.5. The smallest absolute Gasteiger partial charge is 0.293 e. The van der Waals surface area contributed by atoms with Crippen LogP contribution in [0.4, 0.5) is 5.82 Å². The number of hydrogen-bond acceptors (Lipinski definition) is 10. The number of nitrogens with one attached hydrogen (secondary N) is 1. The second-order valence-corrected chi connectivity index (χ2v) is 6.78. The Balaban J connectivity index is 1.76. The van der Waals surface area contributed by atoms with Crippen molar-refractivity contribution >= 4 is 23.3 Å². The summed E-state index contributed by atoms with van der Waals surface area (Å²) < 4.78 is 11.1. The molecule has 0 aliphatic carbocycles. The van der Waals surface area contributed by atoms with Crippen molar-refractivity contribution in [2.24, 2.45) is 10.8 Å². The molecule has 2 amide bonds. The largest absolute Gasteiger partial charge is 0.484 e. The molecule has 13 nitrogen and oxygen atoms in total. The second-order valence-electron chi connectivity index (χ2n) is 6.78. The average Bonchev–Trinajstić information content (AvgIpc) is 3.36. The van der Waals surface area contributed by atoms with E-state index >= 15 is 0 Å². The fourth-order valence-corrected chi connectivity index (χ4v) is 2.66. The SMILES string of the molecule is CC(=NNC(=O)c1nnn(-c2nonc2N)c1C(C)C)c1ccc(OCC(N)=O)cc1. The van der Waals surface area contributed by atoms with E-state index in [-0.39, 0.29) is 29.9 Å². The minimum Gasteiger partial charge on any atom is -0.484 e. The van der Waals surface area contributed by atoms with Crippen LogP contribution in [0.15, 0.2) is 34.0 Å². The number of carbonyl (C=O) groups is 2. The Morgan fingerprint density at radius 3 is 2.55 bits per heavy atom. The molecule has 2 aromatic heterocycles. The van der Waals surface area contributed by atoms with Crippen LogP contribution in [0.5, 0.6) is 5.75 Å². The van der Waals surface area contributed by atoms with Crippen LogP contribution in [0.25, 0.3) is 5.82 Å².